The molecule has 0 aliphatic heterocycles. The van der Waals surface area contributed by atoms with Gasteiger partial charge in [-0.15, -0.1) is 24.3 Å². The molecule has 0 bridgehead atoms. The van der Waals surface area contributed by atoms with Gasteiger partial charge in [-0.2, -0.15) is 0 Å². The number of fused-ring (bicyclic) bond motifs is 2. The van der Waals surface area contributed by atoms with Crippen molar-refractivity contribution in [2.45, 2.75) is 90.9 Å². The summed E-state index contributed by atoms with van der Waals surface area (Å²) in [5.41, 5.74) is 3.38. The number of rotatable bonds is 6. The van der Waals surface area contributed by atoms with Crippen LogP contribution in [0.5, 0.6) is 0 Å². The van der Waals surface area contributed by atoms with Gasteiger partial charge < -0.3 is 34.0 Å². The zero-order valence-corrected chi connectivity index (χ0v) is 24.0. The first-order valence-electron chi connectivity index (χ1n) is 11.3. The number of allylic oxidation sites excluding steroid dienone is 8. The first-order valence-corrected chi connectivity index (χ1v) is 11.3. The molecular formula is C26H38Br2Zr. The van der Waals surface area contributed by atoms with Gasteiger partial charge >= 0.3 is 26.2 Å². The second-order valence-corrected chi connectivity index (χ2v) is 8.46. The summed E-state index contributed by atoms with van der Waals surface area (Å²) in [5, 5.41) is 0. The third kappa shape index (κ3) is 8.53. The van der Waals surface area contributed by atoms with Crippen molar-refractivity contribution in [2.75, 3.05) is 0 Å². The monoisotopic (exact) mass is 598 g/mol. The molecule has 0 radical (unpaired) electrons. The van der Waals surface area contributed by atoms with Crippen LogP contribution in [-0.2, 0) is 26.2 Å². The fraction of sp³-hybridized carbons (Fsp3) is 0.615. The van der Waals surface area contributed by atoms with Gasteiger partial charge in [-0.05, 0) is 24.7 Å². The number of unbranched alkanes of at least 4 members (excludes halogenated alkanes) is 2. The molecule has 160 valence electrons. The quantitative estimate of drug-likeness (QED) is 0.410. The van der Waals surface area contributed by atoms with E-state index in [1.165, 1.54) is 77.0 Å². The third-order valence-electron chi connectivity index (χ3n) is 6.61. The predicted octanol–water partition coefficient (Wildman–Crippen LogP) is 2.10. The van der Waals surface area contributed by atoms with Gasteiger partial charge in [0.15, 0.2) is 0 Å². The van der Waals surface area contributed by atoms with Gasteiger partial charge in [0.2, 0.25) is 0 Å². The van der Waals surface area contributed by atoms with Crippen LogP contribution in [0.4, 0.5) is 0 Å². The Morgan fingerprint density at radius 3 is 1.55 bits per heavy atom. The van der Waals surface area contributed by atoms with Crippen LogP contribution in [0.2, 0.25) is 0 Å². The standard InChI is InChI=1S/2C13H19.2BrH.Zr/c2*1-2-3-6-11-9-10-12-7-4-5-8-13(11)12;;;/h2*4-5,8,12H,2-3,6-7,9-10H2,1H3;2*1H;/q2*-1;;;+4/p-2. The summed E-state index contributed by atoms with van der Waals surface area (Å²) in [6.45, 7) is 4.56. The molecular weight excluding hydrogens is 563 g/mol. The molecule has 2 fully saturated rings. The van der Waals surface area contributed by atoms with E-state index in [1.54, 1.807) is 23.0 Å². The predicted molar refractivity (Wildman–Crippen MR) is 115 cm³/mol. The molecule has 0 aromatic heterocycles. The molecule has 4 aliphatic rings. The molecule has 0 N–H and O–H groups in total. The molecule has 2 unspecified atom stereocenters. The Hall–Kier alpha value is 0.543. The van der Waals surface area contributed by atoms with Crippen molar-refractivity contribution in [3.05, 3.63) is 59.4 Å². The van der Waals surface area contributed by atoms with Crippen molar-refractivity contribution in [1.29, 1.82) is 0 Å². The van der Waals surface area contributed by atoms with E-state index in [0.717, 1.165) is 11.8 Å². The van der Waals surface area contributed by atoms with Crippen LogP contribution >= 0.6 is 0 Å². The molecule has 0 nitrogen and oxygen atoms in total. The zero-order chi connectivity index (χ0) is 18.2. The molecule has 0 saturated heterocycles. The minimum absolute atomic E-state index is 0. The fourth-order valence-electron chi connectivity index (χ4n) is 5.02. The summed E-state index contributed by atoms with van der Waals surface area (Å²) in [6.07, 6.45) is 30.1. The van der Waals surface area contributed by atoms with E-state index in [2.05, 4.69) is 50.3 Å². The zero-order valence-electron chi connectivity index (χ0n) is 18.4. The number of halogens is 2. The van der Waals surface area contributed by atoms with Crippen LogP contribution in [0.15, 0.2) is 47.6 Å². The Labute approximate surface area is 220 Å². The molecule has 0 aromatic rings. The molecule has 2 atom stereocenters. The Morgan fingerprint density at radius 1 is 0.759 bits per heavy atom. The maximum absolute atomic E-state index is 2.35. The maximum Gasteiger partial charge on any atom is 4.00 e. The molecule has 4 aliphatic carbocycles. The summed E-state index contributed by atoms with van der Waals surface area (Å²) in [7, 11) is 0. The molecule has 2 saturated carbocycles. The molecule has 0 aromatic carbocycles. The number of hydrogen-bond donors (Lipinski definition) is 0. The van der Waals surface area contributed by atoms with Gasteiger partial charge in [-0.25, -0.2) is 35.1 Å². The maximum atomic E-state index is 2.35. The van der Waals surface area contributed by atoms with E-state index >= 15 is 0 Å². The first-order chi connectivity index (χ1) is 12.8. The van der Waals surface area contributed by atoms with Crippen molar-refractivity contribution in [3.8, 4) is 0 Å². The van der Waals surface area contributed by atoms with Gasteiger partial charge in [0, 0.05) is 0 Å². The fourth-order valence-corrected chi connectivity index (χ4v) is 5.02. The second-order valence-electron chi connectivity index (χ2n) is 8.46. The minimum atomic E-state index is 0. The molecule has 0 heterocycles. The average molecular weight is 602 g/mol. The van der Waals surface area contributed by atoms with E-state index < -0.39 is 0 Å². The largest absolute Gasteiger partial charge is 4.00 e. The van der Waals surface area contributed by atoms with Gasteiger partial charge in [0.1, 0.15) is 0 Å². The SMILES string of the molecule is CCCC[C-]1CCC2CC=CC=C12.CCCC[C-]1CCC2CC=CC=C12.[Br-].[Br-].[Zr+4]. The van der Waals surface area contributed by atoms with Gasteiger partial charge in [-0.3, -0.25) is 0 Å². The topological polar surface area (TPSA) is 0 Å². The molecule has 4 rings (SSSR count). The first kappa shape index (κ1) is 29.5. The van der Waals surface area contributed by atoms with Crippen molar-refractivity contribution in [2.24, 2.45) is 11.8 Å². The minimum Gasteiger partial charge on any atom is -1.00 e. The Kier molecular flexibility index (Phi) is 16.5. The number of hydrogen-bond acceptors (Lipinski definition) is 0. The smallest absolute Gasteiger partial charge is 1.00 e. The van der Waals surface area contributed by atoms with Crippen LogP contribution in [0.1, 0.15) is 90.9 Å². The second kappa shape index (κ2) is 16.2. The average Bonchev–Trinajstić information content (AvgIpc) is 3.29. The molecule has 29 heavy (non-hydrogen) atoms. The third-order valence-corrected chi connectivity index (χ3v) is 6.61. The summed E-state index contributed by atoms with van der Waals surface area (Å²) in [5.74, 6) is 5.29. The van der Waals surface area contributed by atoms with Crippen molar-refractivity contribution in [1.82, 2.24) is 0 Å². The Balaban J connectivity index is 0.000000490. The van der Waals surface area contributed by atoms with E-state index in [-0.39, 0.29) is 60.2 Å². The van der Waals surface area contributed by atoms with Crippen LogP contribution in [0.3, 0.4) is 0 Å². The van der Waals surface area contributed by atoms with Crippen molar-refractivity contribution >= 4 is 0 Å². The van der Waals surface area contributed by atoms with Gasteiger partial charge in [0.25, 0.3) is 0 Å². The van der Waals surface area contributed by atoms with E-state index in [4.69, 9.17) is 0 Å². The van der Waals surface area contributed by atoms with Crippen LogP contribution in [-0.4, -0.2) is 0 Å². The van der Waals surface area contributed by atoms with Crippen LogP contribution < -0.4 is 34.0 Å². The Bertz CT molecular complexity index is 511. The molecule has 3 heteroatoms. The summed E-state index contributed by atoms with van der Waals surface area (Å²) in [6, 6.07) is 0. The molecule has 0 amide bonds. The summed E-state index contributed by atoms with van der Waals surface area (Å²) in [4.78, 5) is 0. The van der Waals surface area contributed by atoms with Crippen molar-refractivity contribution in [3.63, 3.8) is 0 Å². The summed E-state index contributed by atoms with van der Waals surface area (Å²) < 4.78 is 0. The molecule has 0 spiro atoms. The normalized spacial score (nSPS) is 23.4. The summed E-state index contributed by atoms with van der Waals surface area (Å²) >= 11 is 0. The van der Waals surface area contributed by atoms with E-state index in [0.29, 0.717) is 0 Å². The Morgan fingerprint density at radius 2 is 1.17 bits per heavy atom. The van der Waals surface area contributed by atoms with E-state index in [1.807, 2.05) is 0 Å². The van der Waals surface area contributed by atoms with Gasteiger partial charge in [-0.1, -0.05) is 78.1 Å². The van der Waals surface area contributed by atoms with Gasteiger partial charge in [0.05, 0.1) is 0 Å². The van der Waals surface area contributed by atoms with E-state index in [9.17, 15) is 0 Å². The van der Waals surface area contributed by atoms with Crippen molar-refractivity contribution < 1.29 is 60.2 Å². The van der Waals surface area contributed by atoms with Crippen LogP contribution in [0, 0.1) is 23.7 Å². The van der Waals surface area contributed by atoms with Crippen LogP contribution in [0.25, 0.3) is 0 Å².